The first-order valence-corrected chi connectivity index (χ1v) is 6.38. The normalized spacial score (nSPS) is 10.2. The number of anilines is 1. The second-order valence-electron chi connectivity index (χ2n) is 4.69. The average molecular weight is 251 g/mol. The molecular weight excluding hydrogens is 234 g/mol. The molecule has 0 radical (unpaired) electrons. The van der Waals surface area contributed by atoms with Crippen molar-refractivity contribution < 1.29 is 0 Å². The van der Waals surface area contributed by atoms with Gasteiger partial charge >= 0.3 is 0 Å². The van der Waals surface area contributed by atoms with E-state index in [1.807, 2.05) is 30.3 Å². The quantitative estimate of drug-likeness (QED) is 0.836. The van der Waals surface area contributed by atoms with Crippen LogP contribution in [-0.2, 0) is 6.54 Å². The molecule has 19 heavy (non-hydrogen) atoms. The van der Waals surface area contributed by atoms with E-state index in [1.54, 1.807) is 6.20 Å². The summed E-state index contributed by atoms with van der Waals surface area (Å²) in [5.41, 5.74) is 2.60. The van der Waals surface area contributed by atoms with Gasteiger partial charge < -0.3 is 4.90 Å². The molecule has 2 rings (SSSR count). The molecule has 3 heteroatoms. The van der Waals surface area contributed by atoms with Gasteiger partial charge in [0.15, 0.2) is 5.69 Å². The average Bonchev–Trinajstić information content (AvgIpc) is 2.45. The summed E-state index contributed by atoms with van der Waals surface area (Å²) in [7, 11) is 0. The van der Waals surface area contributed by atoms with Crippen molar-refractivity contribution in [2.45, 2.75) is 26.4 Å². The van der Waals surface area contributed by atoms with Crippen LogP contribution in [0.2, 0.25) is 0 Å². The molecule has 0 saturated carbocycles. The van der Waals surface area contributed by atoms with E-state index in [9.17, 15) is 5.26 Å². The number of rotatable bonds is 4. The fourth-order valence-corrected chi connectivity index (χ4v) is 2.04. The minimum absolute atomic E-state index is 0.302. The van der Waals surface area contributed by atoms with E-state index in [1.165, 1.54) is 5.56 Å². The van der Waals surface area contributed by atoms with Gasteiger partial charge in [-0.1, -0.05) is 30.3 Å². The van der Waals surface area contributed by atoms with Gasteiger partial charge in [0.2, 0.25) is 0 Å². The Morgan fingerprint density at radius 3 is 2.53 bits per heavy atom. The Kier molecular flexibility index (Phi) is 4.15. The van der Waals surface area contributed by atoms with Crippen LogP contribution in [0.3, 0.4) is 0 Å². The van der Waals surface area contributed by atoms with Crippen LogP contribution in [0.5, 0.6) is 0 Å². The molecule has 1 aromatic carbocycles. The van der Waals surface area contributed by atoms with E-state index in [0.717, 1.165) is 12.2 Å². The highest BCUT2D eigenvalue weighted by Crippen LogP contribution is 2.22. The third-order valence-electron chi connectivity index (χ3n) is 3.02. The lowest BCUT2D eigenvalue weighted by atomic mass is 10.1. The highest BCUT2D eigenvalue weighted by molar-refractivity contribution is 5.56. The van der Waals surface area contributed by atoms with E-state index in [-0.39, 0.29) is 0 Å². The standard InChI is InChI=1S/C16H17N3/c1-13(2)19(12-14-7-4-3-5-8-14)16-9-6-10-18-15(16)11-17/h3-10,13H,12H2,1-2H3. The molecule has 96 valence electrons. The molecule has 3 nitrogen and oxygen atoms in total. The van der Waals surface area contributed by atoms with Gasteiger partial charge in [0.05, 0.1) is 5.69 Å². The monoisotopic (exact) mass is 251 g/mol. The van der Waals surface area contributed by atoms with Crippen molar-refractivity contribution in [1.82, 2.24) is 4.98 Å². The SMILES string of the molecule is CC(C)N(Cc1ccccc1)c1cccnc1C#N. The minimum Gasteiger partial charge on any atom is -0.362 e. The predicted octanol–water partition coefficient (Wildman–Crippen LogP) is 3.37. The Morgan fingerprint density at radius 2 is 1.89 bits per heavy atom. The lowest BCUT2D eigenvalue weighted by Gasteiger charge is -2.29. The second-order valence-corrected chi connectivity index (χ2v) is 4.69. The molecule has 0 bridgehead atoms. The molecule has 0 fully saturated rings. The topological polar surface area (TPSA) is 39.9 Å². The Labute approximate surface area is 114 Å². The molecule has 0 amide bonds. The van der Waals surface area contributed by atoms with Crippen molar-refractivity contribution >= 4 is 5.69 Å². The minimum atomic E-state index is 0.302. The van der Waals surface area contributed by atoms with Crippen molar-refractivity contribution in [3.05, 3.63) is 59.9 Å². The van der Waals surface area contributed by atoms with Gasteiger partial charge in [-0.2, -0.15) is 5.26 Å². The maximum Gasteiger partial charge on any atom is 0.163 e. The molecule has 0 saturated heterocycles. The highest BCUT2D eigenvalue weighted by Gasteiger charge is 2.15. The Morgan fingerprint density at radius 1 is 1.16 bits per heavy atom. The van der Waals surface area contributed by atoms with Crippen LogP contribution in [0.1, 0.15) is 25.1 Å². The van der Waals surface area contributed by atoms with Gasteiger partial charge in [0.25, 0.3) is 0 Å². The molecule has 0 atom stereocenters. The van der Waals surface area contributed by atoms with Crippen LogP contribution < -0.4 is 4.90 Å². The molecular formula is C16H17N3. The van der Waals surface area contributed by atoms with Crippen LogP contribution in [0.25, 0.3) is 0 Å². The zero-order chi connectivity index (χ0) is 13.7. The van der Waals surface area contributed by atoms with Crippen LogP contribution in [0.4, 0.5) is 5.69 Å². The summed E-state index contributed by atoms with van der Waals surface area (Å²) >= 11 is 0. The number of nitrogens with zero attached hydrogens (tertiary/aromatic N) is 3. The van der Waals surface area contributed by atoms with Crippen LogP contribution >= 0.6 is 0 Å². The summed E-state index contributed by atoms with van der Waals surface area (Å²) in [6.45, 7) is 5.02. The maximum absolute atomic E-state index is 9.18. The van der Waals surface area contributed by atoms with E-state index in [2.05, 4.69) is 41.9 Å². The molecule has 2 aromatic rings. The third-order valence-corrected chi connectivity index (χ3v) is 3.02. The molecule has 1 heterocycles. The predicted molar refractivity (Wildman–Crippen MR) is 76.7 cm³/mol. The summed E-state index contributed by atoms with van der Waals surface area (Å²) in [5.74, 6) is 0. The van der Waals surface area contributed by atoms with Gasteiger partial charge in [-0.25, -0.2) is 4.98 Å². The zero-order valence-corrected chi connectivity index (χ0v) is 11.2. The van der Waals surface area contributed by atoms with E-state index in [4.69, 9.17) is 0 Å². The van der Waals surface area contributed by atoms with Crippen LogP contribution in [-0.4, -0.2) is 11.0 Å². The molecule has 0 aliphatic rings. The molecule has 0 unspecified atom stereocenters. The number of hydrogen-bond donors (Lipinski definition) is 0. The van der Waals surface area contributed by atoms with E-state index in [0.29, 0.717) is 11.7 Å². The first kappa shape index (κ1) is 13.1. The Bertz CT molecular complexity index is 570. The van der Waals surface area contributed by atoms with Crippen molar-refractivity contribution in [2.75, 3.05) is 4.90 Å². The molecule has 1 aromatic heterocycles. The number of benzene rings is 1. The van der Waals surface area contributed by atoms with E-state index < -0.39 is 0 Å². The van der Waals surface area contributed by atoms with Gasteiger partial charge in [0, 0.05) is 18.8 Å². The molecule has 0 aliphatic carbocycles. The molecule has 0 aliphatic heterocycles. The van der Waals surface area contributed by atoms with Crippen LogP contribution in [0.15, 0.2) is 48.7 Å². The lowest BCUT2D eigenvalue weighted by molar-refractivity contribution is 0.680. The smallest absolute Gasteiger partial charge is 0.163 e. The third kappa shape index (κ3) is 3.11. The Balaban J connectivity index is 2.33. The summed E-state index contributed by atoms with van der Waals surface area (Å²) < 4.78 is 0. The van der Waals surface area contributed by atoms with Gasteiger partial charge in [-0.05, 0) is 31.5 Å². The molecule has 0 N–H and O–H groups in total. The second kappa shape index (κ2) is 6.01. The molecule has 0 spiro atoms. The fourth-order valence-electron chi connectivity index (χ4n) is 2.04. The number of hydrogen-bond acceptors (Lipinski definition) is 3. The fraction of sp³-hybridized carbons (Fsp3) is 0.250. The van der Waals surface area contributed by atoms with Gasteiger partial charge in [-0.15, -0.1) is 0 Å². The Hall–Kier alpha value is -2.34. The largest absolute Gasteiger partial charge is 0.362 e. The zero-order valence-electron chi connectivity index (χ0n) is 11.2. The summed E-state index contributed by atoms with van der Waals surface area (Å²) in [5, 5.41) is 9.18. The number of nitriles is 1. The van der Waals surface area contributed by atoms with Crippen molar-refractivity contribution in [2.24, 2.45) is 0 Å². The van der Waals surface area contributed by atoms with Crippen molar-refractivity contribution in [3.8, 4) is 6.07 Å². The summed E-state index contributed by atoms with van der Waals surface area (Å²) in [6, 6.07) is 16.5. The van der Waals surface area contributed by atoms with Crippen molar-refractivity contribution in [3.63, 3.8) is 0 Å². The highest BCUT2D eigenvalue weighted by atomic mass is 15.2. The first-order valence-electron chi connectivity index (χ1n) is 6.38. The van der Waals surface area contributed by atoms with E-state index >= 15 is 0 Å². The number of aromatic nitrogens is 1. The van der Waals surface area contributed by atoms with Crippen molar-refractivity contribution in [1.29, 1.82) is 5.26 Å². The summed E-state index contributed by atoms with van der Waals surface area (Å²) in [4.78, 5) is 6.33. The maximum atomic E-state index is 9.18. The van der Waals surface area contributed by atoms with Crippen LogP contribution in [0, 0.1) is 11.3 Å². The van der Waals surface area contributed by atoms with Gasteiger partial charge in [0.1, 0.15) is 6.07 Å². The number of pyridine rings is 1. The lowest BCUT2D eigenvalue weighted by Crippen LogP contribution is -2.31. The van der Waals surface area contributed by atoms with Gasteiger partial charge in [-0.3, -0.25) is 0 Å². The summed E-state index contributed by atoms with van der Waals surface area (Å²) in [6.07, 6.45) is 1.66. The first-order chi connectivity index (χ1) is 9.22.